The number of pyridine rings is 1. The van der Waals surface area contributed by atoms with Crippen LogP contribution in [0.5, 0.6) is 0 Å². The van der Waals surface area contributed by atoms with E-state index in [-0.39, 0.29) is 11.7 Å². The molecule has 2 aromatic rings. The number of alkyl halides is 6. The van der Waals surface area contributed by atoms with Crippen LogP contribution in [0.25, 0.3) is 0 Å². The molecule has 9 nitrogen and oxygen atoms in total. The lowest BCUT2D eigenvalue weighted by atomic mass is 9.84. The van der Waals surface area contributed by atoms with Gasteiger partial charge in [-0.15, -0.1) is 11.3 Å². The van der Waals surface area contributed by atoms with Crippen LogP contribution in [0, 0.1) is 6.92 Å². The molecule has 2 aliphatic heterocycles. The molecule has 0 saturated carbocycles. The molecule has 4 heterocycles. The maximum atomic E-state index is 10.6. The Kier molecular flexibility index (Phi) is 11.0. The average molecular weight is 574 g/mol. The van der Waals surface area contributed by atoms with Crippen LogP contribution in [-0.4, -0.2) is 80.8 Å². The van der Waals surface area contributed by atoms with Gasteiger partial charge in [0.2, 0.25) is 0 Å². The summed E-state index contributed by atoms with van der Waals surface area (Å²) in [6.45, 7) is 6.32. The third-order valence-corrected chi connectivity index (χ3v) is 6.13. The van der Waals surface area contributed by atoms with E-state index in [1.54, 1.807) is 11.3 Å². The van der Waals surface area contributed by atoms with Gasteiger partial charge in [0.05, 0.1) is 30.6 Å². The number of halogens is 6. The van der Waals surface area contributed by atoms with Crippen molar-refractivity contribution in [3.63, 3.8) is 0 Å². The summed E-state index contributed by atoms with van der Waals surface area (Å²) in [5.41, 5.74) is 2.09. The van der Waals surface area contributed by atoms with Gasteiger partial charge in [-0.05, 0) is 25.5 Å². The van der Waals surface area contributed by atoms with Crippen LogP contribution < -0.4 is 0 Å². The maximum Gasteiger partial charge on any atom is 0.490 e. The number of carboxylic acid groups (broad SMARTS) is 2. The van der Waals surface area contributed by atoms with Crippen LogP contribution in [0.15, 0.2) is 29.8 Å². The van der Waals surface area contributed by atoms with Crippen LogP contribution in [0.1, 0.15) is 29.2 Å². The average Bonchev–Trinajstić information content (AvgIpc) is 3.22. The van der Waals surface area contributed by atoms with Gasteiger partial charge in [0.15, 0.2) is 0 Å². The summed E-state index contributed by atoms with van der Waals surface area (Å²) in [5.74, 6) is -5.51. The van der Waals surface area contributed by atoms with Gasteiger partial charge in [-0.1, -0.05) is 6.07 Å². The molecule has 0 aliphatic carbocycles. The monoisotopic (exact) mass is 573 g/mol. The fourth-order valence-electron chi connectivity index (χ4n) is 3.58. The second kappa shape index (κ2) is 13.3. The molecule has 0 amide bonds. The molecule has 2 saturated heterocycles. The molecule has 1 unspecified atom stereocenters. The second-order valence-corrected chi connectivity index (χ2v) is 9.35. The molecule has 212 valence electrons. The van der Waals surface area contributed by atoms with Crippen molar-refractivity contribution in [1.29, 1.82) is 0 Å². The first-order chi connectivity index (χ1) is 17.6. The Morgan fingerprint density at radius 1 is 1.16 bits per heavy atom. The minimum Gasteiger partial charge on any atom is -0.475 e. The van der Waals surface area contributed by atoms with E-state index < -0.39 is 24.3 Å². The standard InChI is InChI=1S/C18H23N3O2S.2C2HF3O2/c1-14-11-24-17(20-14)9-21-12-18(13-21)8-16(5-7-23-18)22-10-15-4-2-3-6-19-15;2*3-2(4,5)1(6)7/h2-4,6,11,16H,5,7-10,12-13H2,1H3;2*(H,6,7). The first-order valence-electron chi connectivity index (χ1n) is 11.0. The second-order valence-electron chi connectivity index (χ2n) is 8.41. The number of rotatable bonds is 5. The molecule has 0 bridgehead atoms. The zero-order chi connectivity index (χ0) is 28.6. The minimum absolute atomic E-state index is 0.0145. The van der Waals surface area contributed by atoms with Crippen LogP contribution in [-0.2, 0) is 32.2 Å². The molecule has 1 spiro atoms. The highest BCUT2D eigenvalue weighted by Gasteiger charge is 2.47. The quantitative estimate of drug-likeness (QED) is 0.510. The van der Waals surface area contributed by atoms with Crippen molar-refractivity contribution in [1.82, 2.24) is 14.9 Å². The number of ether oxygens (including phenoxy) is 2. The Balaban J connectivity index is 0.000000301. The van der Waals surface area contributed by atoms with Gasteiger partial charge >= 0.3 is 24.3 Å². The van der Waals surface area contributed by atoms with Crippen molar-refractivity contribution in [2.75, 3.05) is 19.7 Å². The molecular weight excluding hydrogens is 548 g/mol. The zero-order valence-corrected chi connectivity index (χ0v) is 20.8. The number of aromatic nitrogens is 2. The van der Waals surface area contributed by atoms with E-state index >= 15 is 0 Å². The number of hydrogen-bond acceptors (Lipinski definition) is 8. The van der Waals surface area contributed by atoms with Gasteiger partial charge in [0.1, 0.15) is 5.01 Å². The predicted octanol–water partition coefficient (Wildman–Crippen LogP) is 4.06. The lowest BCUT2D eigenvalue weighted by Gasteiger charge is -2.53. The van der Waals surface area contributed by atoms with Crippen LogP contribution in [0.4, 0.5) is 26.3 Å². The fraction of sp³-hybridized carbons (Fsp3) is 0.545. The summed E-state index contributed by atoms with van der Waals surface area (Å²) >= 11 is 1.74. The molecule has 2 aromatic heterocycles. The van der Waals surface area contributed by atoms with Crippen LogP contribution >= 0.6 is 11.3 Å². The van der Waals surface area contributed by atoms with E-state index in [0.29, 0.717) is 6.61 Å². The van der Waals surface area contributed by atoms with Gasteiger partial charge in [-0.3, -0.25) is 9.88 Å². The van der Waals surface area contributed by atoms with E-state index in [2.05, 4.69) is 20.2 Å². The number of aryl methyl sites for hydroxylation is 1. The highest BCUT2D eigenvalue weighted by atomic mass is 32.1. The molecule has 16 heteroatoms. The predicted molar refractivity (Wildman–Crippen MR) is 120 cm³/mol. The van der Waals surface area contributed by atoms with Crippen molar-refractivity contribution in [3.05, 3.63) is 46.2 Å². The summed E-state index contributed by atoms with van der Waals surface area (Å²) in [7, 11) is 0. The van der Waals surface area contributed by atoms with E-state index in [0.717, 1.165) is 50.5 Å². The van der Waals surface area contributed by atoms with Gasteiger partial charge in [0.25, 0.3) is 0 Å². The molecule has 4 rings (SSSR count). The summed E-state index contributed by atoms with van der Waals surface area (Å²) in [6, 6.07) is 5.94. The molecule has 38 heavy (non-hydrogen) atoms. The lowest BCUT2D eigenvalue weighted by Crippen LogP contribution is -2.65. The number of carbonyl (C=O) groups is 2. The Bertz CT molecular complexity index is 1020. The number of likely N-dealkylation sites (tertiary alicyclic amines) is 1. The molecule has 2 aliphatic rings. The van der Waals surface area contributed by atoms with Gasteiger partial charge in [-0.25, -0.2) is 14.6 Å². The van der Waals surface area contributed by atoms with E-state index in [1.165, 1.54) is 5.01 Å². The summed E-state index contributed by atoms with van der Waals surface area (Å²) in [5, 5.41) is 17.6. The van der Waals surface area contributed by atoms with E-state index in [4.69, 9.17) is 29.3 Å². The summed E-state index contributed by atoms with van der Waals surface area (Å²) in [4.78, 5) is 29.1. The topological polar surface area (TPSA) is 122 Å². The number of hydrogen-bond donors (Lipinski definition) is 2. The molecule has 1 atom stereocenters. The normalized spacial score (nSPS) is 18.9. The Hall–Kier alpha value is -2.82. The van der Waals surface area contributed by atoms with E-state index in [9.17, 15) is 26.3 Å². The maximum absolute atomic E-state index is 10.6. The van der Waals surface area contributed by atoms with Gasteiger partial charge < -0.3 is 19.7 Å². The lowest BCUT2D eigenvalue weighted by molar-refractivity contribution is -0.200. The molecule has 0 aromatic carbocycles. The first-order valence-corrected chi connectivity index (χ1v) is 11.9. The smallest absolute Gasteiger partial charge is 0.475 e. The first kappa shape index (κ1) is 31.4. The number of nitrogens with zero attached hydrogens (tertiary/aromatic N) is 3. The summed E-state index contributed by atoms with van der Waals surface area (Å²) in [6.07, 6.45) is -6.13. The van der Waals surface area contributed by atoms with Crippen LogP contribution in [0.2, 0.25) is 0 Å². The molecule has 2 N–H and O–H groups in total. The minimum atomic E-state index is -5.08. The Labute approximate surface area is 217 Å². The van der Waals surface area contributed by atoms with E-state index in [1.807, 2.05) is 31.3 Å². The van der Waals surface area contributed by atoms with Crippen LogP contribution in [0.3, 0.4) is 0 Å². The van der Waals surface area contributed by atoms with Gasteiger partial charge in [-0.2, -0.15) is 26.3 Å². The molecule has 0 radical (unpaired) electrons. The Morgan fingerprint density at radius 3 is 2.24 bits per heavy atom. The van der Waals surface area contributed by atoms with Crippen molar-refractivity contribution in [2.24, 2.45) is 0 Å². The van der Waals surface area contributed by atoms with Crippen molar-refractivity contribution < 1.29 is 55.6 Å². The fourth-order valence-corrected chi connectivity index (χ4v) is 4.39. The Morgan fingerprint density at radius 2 is 1.76 bits per heavy atom. The summed E-state index contributed by atoms with van der Waals surface area (Å²) < 4.78 is 75.7. The number of thiazole rings is 1. The number of aliphatic carboxylic acids is 2. The van der Waals surface area contributed by atoms with Crippen molar-refractivity contribution >= 4 is 23.3 Å². The van der Waals surface area contributed by atoms with Crippen molar-refractivity contribution in [2.45, 2.75) is 57.0 Å². The molecular formula is C22H25F6N3O6S. The molecule has 2 fully saturated rings. The third kappa shape index (κ3) is 10.5. The largest absolute Gasteiger partial charge is 0.490 e. The SMILES string of the molecule is Cc1csc(CN2CC3(CC(OCc4ccccn4)CCO3)C2)n1.O=C(O)C(F)(F)F.O=C(O)C(F)(F)F. The highest BCUT2D eigenvalue weighted by Crippen LogP contribution is 2.36. The van der Waals surface area contributed by atoms with Crippen molar-refractivity contribution in [3.8, 4) is 0 Å². The highest BCUT2D eigenvalue weighted by molar-refractivity contribution is 7.09. The third-order valence-electron chi connectivity index (χ3n) is 5.17. The number of carboxylic acids is 2. The van der Waals surface area contributed by atoms with Gasteiger partial charge in [0, 0.05) is 43.4 Å². The zero-order valence-electron chi connectivity index (χ0n) is 20.0.